The second kappa shape index (κ2) is 6.56. The number of hydrogen-bond donors (Lipinski definition) is 2. The third kappa shape index (κ3) is 4.03. The van der Waals surface area contributed by atoms with E-state index in [-0.39, 0.29) is 18.7 Å². The lowest BCUT2D eigenvalue weighted by molar-refractivity contribution is -0.189. The molecule has 3 nitrogen and oxygen atoms in total. The molecule has 0 amide bonds. The molecule has 118 valence electrons. The van der Waals surface area contributed by atoms with Crippen LogP contribution in [0.25, 0.3) is 0 Å². The number of alkyl halides is 3. The average molecular weight is 303 g/mol. The van der Waals surface area contributed by atoms with Gasteiger partial charge in [0.05, 0.1) is 13.0 Å². The van der Waals surface area contributed by atoms with Crippen molar-refractivity contribution in [2.75, 3.05) is 7.11 Å². The third-order valence-corrected chi connectivity index (χ3v) is 4.03. The minimum Gasteiger partial charge on any atom is -0.507 e. The van der Waals surface area contributed by atoms with Gasteiger partial charge in [-0.25, -0.2) is 0 Å². The smallest absolute Gasteiger partial charge is 0.393 e. The number of phenols is 1. The van der Waals surface area contributed by atoms with E-state index in [1.807, 2.05) is 0 Å². The summed E-state index contributed by atoms with van der Waals surface area (Å²) in [6.07, 6.45) is -2.05. The highest BCUT2D eigenvalue weighted by atomic mass is 19.4. The molecule has 0 spiro atoms. The Morgan fingerprint density at radius 3 is 2.62 bits per heavy atom. The highest BCUT2D eigenvalue weighted by Crippen LogP contribution is 2.38. The fourth-order valence-corrected chi connectivity index (χ4v) is 2.83. The quantitative estimate of drug-likeness (QED) is 0.893. The lowest BCUT2D eigenvalue weighted by atomic mass is 9.84. The van der Waals surface area contributed by atoms with Crippen LogP contribution in [0.4, 0.5) is 13.2 Å². The molecule has 2 N–H and O–H groups in total. The second-order valence-corrected chi connectivity index (χ2v) is 5.41. The molecular formula is C15H20F3NO2. The van der Waals surface area contributed by atoms with E-state index in [9.17, 15) is 18.3 Å². The lowest BCUT2D eigenvalue weighted by Crippen LogP contribution is -2.45. The number of benzene rings is 1. The van der Waals surface area contributed by atoms with Gasteiger partial charge < -0.3 is 15.2 Å². The van der Waals surface area contributed by atoms with Gasteiger partial charge in [0.1, 0.15) is 11.5 Å². The summed E-state index contributed by atoms with van der Waals surface area (Å²) in [5.41, 5.74) is 0.572. The fourth-order valence-electron chi connectivity index (χ4n) is 2.83. The number of ether oxygens (including phenoxy) is 1. The minimum absolute atomic E-state index is 0.0289. The molecule has 0 aliphatic heterocycles. The maximum atomic E-state index is 13.0. The Bertz CT molecular complexity index is 476. The van der Waals surface area contributed by atoms with Crippen LogP contribution in [0.1, 0.15) is 31.2 Å². The van der Waals surface area contributed by atoms with Gasteiger partial charge in [-0.15, -0.1) is 0 Å². The van der Waals surface area contributed by atoms with Gasteiger partial charge in [-0.05, 0) is 18.9 Å². The van der Waals surface area contributed by atoms with E-state index in [0.717, 1.165) is 6.42 Å². The van der Waals surface area contributed by atoms with Crippen LogP contribution in [-0.4, -0.2) is 24.4 Å². The molecule has 2 rings (SSSR count). The maximum absolute atomic E-state index is 13.0. The molecule has 0 bridgehead atoms. The van der Waals surface area contributed by atoms with Crippen molar-refractivity contribution in [3.8, 4) is 11.5 Å². The molecule has 0 aromatic heterocycles. The zero-order valence-electron chi connectivity index (χ0n) is 11.9. The van der Waals surface area contributed by atoms with Crippen LogP contribution < -0.4 is 10.1 Å². The first-order valence-corrected chi connectivity index (χ1v) is 7.08. The van der Waals surface area contributed by atoms with Crippen molar-refractivity contribution in [1.29, 1.82) is 0 Å². The van der Waals surface area contributed by atoms with Crippen LogP contribution in [0, 0.1) is 5.92 Å². The van der Waals surface area contributed by atoms with E-state index >= 15 is 0 Å². The average Bonchev–Trinajstić information content (AvgIpc) is 2.45. The van der Waals surface area contributed by atoms with E-state index in [2.05, 4.69) is 5.32 Å². The summed E-state index contributed by atoms with van der Waals surface area (Å²) >= 11 is 0. The van der Waals surface area contributed by atoms with E-state index < -0.39 is 18.1 Å². The molecule has 2 atom stereocenters. The first-order chi connectivity index (χ1) is 9.91. The molecule has 1 saturated carbocycles. The van der Waals surface area contributed by atoms with Crippen LogP contribution in [-0.2, 0) is 6.54 Å². The van der Waals surface area contributed by atoms with Crippen molar-refractivity contribution >= 4 is 0 Å². The molecule has 1 aliphatic rings. The Morgan fingerprint density at radius 1 is 1.29 bits per heavy atom. The zero-order valence-corrected chi connectivity index (χ0v) is 11.9. The molecule has 1 aromatic rings. The van der Waals surface area contributed by atoms with Gasteiger partial charge in [-0.3, -0.25) is 0 Å². The Hall–Kier alpha value is -1.43. The highest BCUT2D eigenvalue weighted by molar-refractivity contribution is 5.39. The highest BCUT2D eigenvalue weighted by Gasteiger charge is 2.45. The van der Waals surface area contributed by atoms with Gasteiger partial charge >= 0.3 is 6.18 Å². The molecule has 1 aromatic carbocycles. The van der Waals surface area contributed by atoms with Crippen LogP contribution in [0.15, 0.2) is 18.2 Å². The van der Waals surface area contributed by atoms with Crippen molar-refractivity contribution in [2.24, 2.45) is 5.92 Å². The largest absolute Gasteiger partial charge is 0.507 e. The lowest BCUT2D eigenvalue weighted by Gasteiger charge is -2.33. The molecule has 0 radical (unpaired) electrons. The summed E-state index contributed by atoms with van der Waals surface area (Å²) in [6.45, 7) is 0.215. The summed E-state index contributed by atoms with van der Waals surface area (Å²) in [7, 11) is 1.49. The zero-order chi connectivity index (χ0) is 15.5. The van der Waals surface area contributed by atoms with E-state index in [4.69, 9.17) is 4.74 Å². The van der Waals surface area contributed by atoms with Crippen LogP contribution in [0.5, 0.6) is 11.5 Å². The molecule has 0 heterocycles. The normalized spacial score (nSPS) is 23.0. The van der Waals surface area contributed by atoms with Crippen molar-refractivity contribution in [2.45, 2.75) is 44.4 Å². The van der Waals surface area contributed by atoms with E-state index in [0.29, 0.717) is 24.2 Å². The predicted molar refractivity (Wildman–Crippen MR) is 73.3 cm³/mol. The second-order valence-electron chi connectivity index (χ2n) is 5.41. The van der Waals surface area contributed by atoms with Gasteiger partial charge in [-0.2, -0.15) is 13.2 Å². The number of phenolic OH excluding ortho intramolecular Hbond substituents is 1. The number of aromatic hydroxyl groups is 1. The number of nitrogens with one attached hydrogen (secondary N) is 1. The summed E-state index contributed by atoms with van der Waals surface area (Å²) in [5, 5.41) is 12.8. The summed E-state index contributed by atoms with van der Waals surface area (Å²) in [4.78, 5) is 0. The van der Waals surface area contributed by atoms with Crippen LogP contribution >= 0.6 is 0 Å². The number of rotatable bonds is 4. The van der Waals surface area contributed by atoms with Gasteiger partial charge in [0.2, 0.25) is 0 Å². The monoisotopic (exact) mass is 303 g/mol. The number of halogens is 3. The Morgan fingerprint density at radius 2 is 2.00 bits per heavy atom. The van der Waals surface area contributed by atoms with Crippen LogP contribution in [0.2, 0.25) is 0 Å². The number of methoxy groups -OCH3 is 1. The van der Waals surface area contributed by atoms with Gasteiger partial charge in [0, 0.05) is 24.2 Å². The van der Waals surface area contributed by atoms with Crippen molar-refractivity contribution in [1.82, 2.24) is 5.32 Å². The standard InChI is InChI=1S/C15H20F3NO2/c1-21-11-7-6-10(14(20)8-11)9-19-13-5-3-2-4-12(13)15(16,17)18/h6-8,12-13,19-20H,2-5,9H2,1H3. The Kier molecular flexibility index (Phi) is 4.98. The van der Waals surface area contributed by atoms with Crippen molar-refractivity contribution in [3.05, 3.63) is 23.8 Å². The molecule has 1 fully saturated rings. The van der Waals surface area contributed by atoms with Crippen LogP contribution in [0.3, 0.4) is 0 Å². The van der Waals surface area contributed by atoms with Gasteiger partial charge in [-0.1, -0.05) is 18.9 Å². The molecule has 1 aliphatic carbocycles. The molecular weight excluding hydrogens is 283 g/mol. The maximum Gasteiger partial charge on any atom is 0.393 e. The summed E-state index contributed by atoms with van der Waals surface area (Å²) in [6, 6.07) is 4.21. The van der Waals surface area contributed by atoms with Gasteiger partial charge in [0.25, 0.3) is 0 Å². The van der Waals surface area contributed by atoms with Gasteiger partial charge in [0.15, 0.2) is 0 Å². The molecule has 21 heavy (non-hydrogen) atoms. The minimum atomic E-state index is -4.17. The van der Waals surface area contributed by atoms with Crippen molar-refractivity contribution in [3.63, 3.8) is 0 Å². The molecule has 0 saturated heterocycles. The number of hydrogen-bond acceptors (Lipinski definition) is 3. The van der Waals surface area contributed by atoms with Crippen molar-refractivity contribution < 1.29 is 23.0 Å². The SMILES string of the molecule is COc1ccc(CNC2CCCCC2C(F)(F)F)c(O)c1. The molecule has 6 heteroatoms. The topological polar surface area (TPSA) is 41.5 Å². The predicted octanol–water partition coefficient (Wildman–Crippen LogP) is 3.61. The molecule has 2 unspecified atom stereocenters. The fraction of sp³-hybridized carbons (Fsp3) is 0.600. The summed E-state index contributed by atoms with van der Waals surface area (Å²) in [5.74, 6) is -0.755. The summed E-state index contributed by atoms with van der Waals surface area (Å²) < 4.78 is 43.9. The Balaban J connectivity index is 2.01. The first-order valence-electron chi connectivity index (χ1n) is 7.08. The first kappa shape index (κ1) is 15.9. The third-order valence-electron chi connectivity index (χ3n) is 4.03. The van der Waals surface area contributed by atoms with E-state index in [1.54, 1.807) is 12.1 Å². The Labute approximate surface area is 122 Å². The van der Waals surface area contributed by atoms with E-state index in [1.165, 1.54) is 13.2 Å².